The Kier molecular flexibility index (Phi) is 2.24. The summed E-state index contributed by atoms with van der Waals surface area (Å²) in [5.74, 6) is 5.12. The number of fused-ring (bicyclic) bond motifs is 1. The van der Waals surface area contributed by atoms with E-state index in [0.717, 1.165) is 0 Å². The maximum absolute atomic E-state index is 11.8. The molecular formula is C11H9N3O2S. The van der Waals surface area contributed by atoms with E-state index in [-0.39, 0.29) is 30.2 Å². The van der Waals surface area contributed by atoms with Crippen LogP contribution in [0.3, 0.4) is 0 Å². The van der Waals surface area contributed by atoms with Gasteiger partial charge in [0.05, 0.1) is 29.5 Å². The zero-order valence-corrected chi connectivity index (χ0v) is 9.66. The molecule has 2 amide bonds. The van der Waals surface area contributed by atoms with Crippen LogP contribution in [0.4, 0.5) is 5.13 Å². The quantitative estimate of drug-likeness (QED) is 0.558. The lowest BCUT2D eigenvalue weighted by Crippen LogP contribution is -2.32. The van der Waals surface area contributed by atoms with Crippen molar-refractivity contribution in [1.82, 2.24) is 4.98 Å². The summed E-state index contributed by atoms with van der Waals surface area (Å²) in [4.78, 5) is 29.6. The second-order valence-corrected chi connectivity index (χ2v) is 4.98. The molecule has 1 aromatic heterocycles. The second kappa shape index (κ2) is 3.65. The van der Waals surface area contributed by atoms with E-state index >= 15 is 0 Å². The van der Waals surface area contributed by atoms with E-state index in [1.54, 1.807) is 6.20 Å². The molecule has 2 fully saturated rings. The maximum atomic E-state index is 11.8. The van der Waals surface area contributed by atoms with Crippen molar-refractivity contribution in [2.75, 3.05) is 11.4 Å². The van der Waals surface area contributed by atoms with Gasteiger partial charge < -0.3 is 5.73 Å². The highest BCUT2D eigenvalue weighted by Crippen LogP contribution is 2.48. The minimum absolute atomic E-state index is 0.0926. The first kappa shape index (κ1) is 10.4. The average molecular weight is 247 g/mol. The van der Waals surface area contributed by atoms with Crippen molar-refractivity contribution in [2.45, 2.75) is 6.42 Å². The molecule has 0 aromatic carbocycles. The van der Waals surface area contributed by atoms with Gasteiger partial charge in [0.2, 0.25) is 11.8 Å². The van der Waals surface area contributed by atoms with Crippen molar-refractivity contribution in [3.63, 3.8) is 0 Å². The van der Waals surface area contributed by atoms with E-state index in [4.69, 9.17) is 5.73 Å². The number of piperidine rings is 1. The predicted octanol–water partition coefficient (Wildman–Crippen LogP) is -0.0374. The molecule has 6 heteroatoms. The number of nitrogens with two attached hydrogens (primary N) is 1. The molecule has 2 N–H and O–H groups in total. The van der Waals surface area contributed by atoms with E-state index in [1.807, 2.05) is 0 Å². The van der Waals surface area contributed by atoms with Crippen molar-refractivity contribution in [3.8, 4) is 11.8 Å². The molecule has 3 rings (SSSR count). The number of aromatic nitrogens is 1. The molecule has 5 nitrogen and oxygen atoms in total. The summed E-state index contributed by atoms with van der Waals surface area (Å²) >= 11 is 1.24. The number of amides is 2. The van der Waals surface area contributed by atoms with Crippen molar-refractivity contribution in [3.05, 3.63) is 11.1 Å². The van der Waals surface area contributed by atoms with E-state index in [0.29, 0.717) is 16.4 Å². The van der Waals surface area contributed by atoms with Gasteiger partial charge in [0.25, 0.3) is 0 Å². The third kappa shape index (κ3) is 1.55. The van der Waals surface area contributed by atoms with Crippen LogP contribution in [0.25, 0.3) is 0 Å². The van der Waals surface area contributed by atoms with E-state index in [1.165, 1.54) is 16.2 Å². The molecule has 2 aliphatic rings. The van der Waals surface area contributed by atoms with Gasteiger partial charge in [-0.1, -0.05) is 23.2 Å². The summed E-state index contributed by atoms with van der Waals surface area (Å²) in [6.45, 7) is 0.277. The Bertz CT molecular complexity index is 549. The minimum Gasteiger partial charge on any atom is -0.320 e. The smallest absolute Gasteiger partial charge is 0.239 e. The lowest BCUT2D eigenvalue weighted by atomic mass is 10.4. The molecule has 86 valence electrons. The van der Waals surface area contributed by atoms with Crippen LogP contribution in [0.2, 0.25) is 0 Å². The molecular weight excluding hydrogens is 238 g/mol. The first-order valence-electron chi connectivity index (χ1n) is 5.25. The number of nitrogens with zero attached hydrogens (tertiary/aromatic N) is 2. The molecule has 1 aromatic rings. The van der Waals surface area contributed by atoms with E-state index in [9.17, 15) is 9.59 Å². The van der Waals surface area contributed by atoms with Gasteiger partial charge in [-0.25, -0.2) is 9.88 Å². The van der Waals surface area contributed by atoms with Gasteiger partial charge in [-0.2, -0.15) is 0 Å². The summed E-state index contributed by atoms with van der Waals surface area (Å²) in [5, 5.41) is 0.425. The number of imide groups is 1. The zero-order valence-electron chi connectivity index (χ0n) is 8.84. The van der Waals surface area contributed by atoms with Gasteiger partial charge in [-0.3, -0.25) is 9.59 Å². The maximum Gasteiger partial charge on any atom is 0.239 e. The molecule has 0 spiro atoms. The Balaban J connectivity index is 1.87. The molecule has 2 unspecified atom stereocenters. The number of rotatable bonds is 1. The van der Waals surface area contributed by atoms with Crippen LogP contribution in [0, 0.1) is 23.7 Å². The fraction of sp³-hybridized carbons (Fsp3) is 0.364. The molecule has 0 radical (unpaired) electrons. The molecule has 2 heterocycles. The molecule has 1 saturated carbocycles. The Morgan fingerprint density at radius 1 is 1.47 bits per heavy atom. The largest absolute Gasteiger partial charge is 0.320 e. The molecule has 0 bridgehead atoms. The standard InChI is InChI=1S/C11H9N3O2S/c12-3-1-2-6-5-13-11(17-6)14-9(15)7-4-8(7)10(14)16/h5,7-8H,3-4,12H2. The Hall–Kier alpha value is -1.71. The number of carbonyl (C=O) groups excluding carboxylic acids is 2. The lowest BCUT2D eigenvalue weighted by molar-refractivity contribution is -0.123. The monoisotopic (exact) mass is 247 g/mol. The van der Waals surface area contributed by atoms with Crippen LogP contribution >= 0.6 is 11.3 Å². The lowest BCUT2D eigenvalue weighted by Gasteiger charge is -2.11. The van der Waals surface area contributed by atoms with Crippen LogP contribution in [-0.2, 0) is 9.59 Å². The molecule has 1 aliphatic heterocycles. The highest BCUT2D eigenvalue weighted by atomic mass is 32.1. The van der Waals surface area contributed by atoms with Crippen LogP contribution in [0.1, 0.15) is 11.3 Å². The van der Waals surface area contributed by atoms with Crippen LogP contribution < -0.4 is 10.6 Å². The van der Waals surface area contributed by atoms with Crippen LogP contribution in [0.15, 0.2) is 6.20 Å². The fourth-order valence-electron chi connectivity index (χ4n) is 1.93. The average Bonchev–Trinajstić information content (AvgIpc) is 2.93. The number of anilines is 1. The van der Waals surface area contributed by atoms with Crippen molar-refractivity contribution >= 4 is 28.3 Å². The summed E-state index contributed by atoms with van der Waals surface area (Å²) in [5.41, 5.74) is 5.27. The van der Waals surface area contributed by atoms with Crippen LogP contribution in [0.5, 0.6) is 0 Å². The third-order valence-corrected chi connectivity index (χ3v) is 3.76. The second-order valence-electron chi connectivity index (χ2n) is 3.97. The number of hydrogen-bond acceptors (Lipinski definition) is 5. The third-order valence-electron chi connectivity index (χ3n) is 2.86. The molecule has 17 heavy (non-hydrogen) atoms. The van der Waals surface area contributed by atoms with Crippen LogP contribution in [-0.4, -0.2) is 23.3 Å². The zero-order chi connectivity index (χ0) is 12.0. The van der Waals surface area contributed by atoms with E-state index < -0.39 is 0 Å². The molecule has 2 atom stereocenters. The molecule has 1 saturated heterocycles. The minimum atomic E-state index is -0.118. The first-order chi connectivity index (χ1) is 8.22. The molecule has 1 aliphatic carbocycles. The topological polar surface area (TPSA) is 76.3 Å². The van der Waals surface area contributed by atoms with Gasteiger partial charge in [0, 0.05) is 0 Å². The highest BCUT2D eigenvalue weighted by Gasteiger charge is 2.59. The van der Waals surface area contributed by atoms with Crippen molar-refractivity contribution < 1.29 is 9.59 Å². The normalized spacial score (nSPS) is 25.6. The summed E-state index contributed by atoms with van der Waals surface area (Å²) in [6.07, 6.45) is 2.27. The Morgan fingerprint density at radius 3 is 2.82 bits per heavy atom. The highest BCUT2D eigenvalue weighted by molar-refractivity contribution is 7.16. The first-order valence-corrected chi connectivity index (χ1v) is 6.06. The predicted molar refractivity (Wildman–Crippen MR) is 62.1 cm³/mol. The van der Waals surface area contributed by atoms with Gasteiger partial charge in [-0.05, 0) is 6.42 Å². The Labute approximate surface area is 102 Å². The van der Waals surface area contributed by atoms with Gasteiger partial charge in [0.1, 0.15) is 0 Å². The van der Waals surface area contributed by atoms with Gasteiger partial charge >= 0.3 is 0 Å². The Morgan fingerprint density at radius 2 is 2.18 bits per heavy atom. The summed E-state index contributed by atoms with van der Waals surface area (Å²) in [7, 11) is 0. The number of carbonyl (C=O) groups is 2. The summed E-state index contributed by atoms with van der Waals surface area (Å²) < 4.78 is 0. The van der Waals surface area contributed by atoms with Gasteiger partial charge in [0.15, 0.2) is 5.13 Å². The van der Waals surface area contributed by atoms with Crippen molar-refractivity contribution in [2.24, 2.45) is 17.6 Å². The SMILES string of the molecule is NCC#Cc1cnc(N2C(=O)C3CC3C2=O)s1. The fourth-order valence-corrected chi connectivity index (χ4v) is 2.74. The van der Waals surface area contributed by atoms with Crippen molar-refractivity contribution in [1.29, 1.82) is 0 Å². The summed E-state index contributed by atoms with van der Waals surface area (Å²) in [6, 6.07) is 0. The van der Waals surface area contributed by atoms with Gasteiger partial charge in [-0.15, -0.1) is 0 Å². The number of hydrogen-bond donors (Lipinski definition) is 1. The van der Waals surface area contributed by atoms with E-state index in [2.05, 4.69) is 16.8 Å². The number of thiazole rings is 1.